The van der Waals surface area contributed by atoms with Crippen LogP contribution in [0.4, 0.5) is 23.7 Å². The number of aliphatic hydroxyl groups is 1. The average molecular weight is 537 g/mol. The first-order chi connectivity index (χ1) is 16.2. The van der Waals surface area contributed by atoms with E-state index >= 15 is 0 Å². The second kappa shape index (κ2) is 10.7. The average Bonchev–Trinajstić information content (AvgIpc) is 2.74. The monoisotopic (exact) mass is 536 g/mol. The van der Waals surface area contributed by atoms with Crippen LogP contribution in [0.3, 0.4) is 0 Å². The van der Waals surface area contributed by atoms with Crippen molar-refractivity contribution in [2.45, 2.75) is 49.9 Å². The molecule has 7 nitrogen and oxygen atoms in total. The van der Waals surface area contributed by atoms with E-state index in [0.717, 1.165) is 18.8 Å². The highest BCUT2D eigenvalue weighted by Crippen LogP contribution is 2.45. The summed E-state index contributed by atoms with van der Waals surface area (Å²) in [6, 6.07) is 5.73. The highest BCUT2D eigenvalue weighted by Gasteiger charge is 2.58. The standard InChI is InChI=1S/C23H32ClF3N4O3S/c1-14(2)22(34,23(25,26)27)35-21(33)30-9-7-17(8-10-30)31-12-16(13-31)28-15-5-6-18(19(24)11-15)20(32)29(3)4/h5-6,11,14,16-17,28,34H,7-10,12-13H2,1-4H3/t22-/m0/s1. The molecule has 2 saturated heterocycles. The van der Waals surface area contributed by atoms with E-state index < -0.39 is 22.3 Å². The predicted octanol–water partition coefficient (Wildman–Crippen LogP) is 4.36. The Morgan fingerprint density at radius 1 is 1.20 bits per heavy atom. The second-order valence-corrected chi connectivity index (χ2v) is 11.2. The number of anilines is 1. The maximum absolute atomic E-state index is 13.3. The SMILES string of the molecule is CC(C)[C@](O)(SC(=O)N1CCC(N2CC(Nc3ccc(C(=O)N(C)C)c(Cl)c3)C2)CC1)C(F)(F)F. The lowest BCUT2D eigenvalue weighted by Crippen LogP contribution is -2.60. The van der Waals surface area contributed by atoms with E-state index in [0.29, 0.717) is 36.5 Å². The molecule has 1 aromatic rings. The predicted molar refractivity (Wildman–Crippen MR) is 132 cm³/mol. The number of nitrogens with zero attached hydrogens (tertiary/aromatic N) is 3. The molecular formula is C23H32ClF3N4O3S. The summed E-state index contributed by atoms with van der Waals surface area (Å²) in [6.07, 6.45) is -3.57. The zero-order chi connectivity index (χ0) is 26.1. The van der Waals surface area contributed by atoms with Gasteiger partial charge in [0.25, 0.3) is 11.1 Å². The van der Waals surface area contributed by atoms with E-state index in [-0.39, 0.29) is 29.8 Å². The van der Waals surface area contributed by atoms with Crippen molar-refractivity contribution in [1.82, 2.24) is 14.7 Å². The third-order valence-corrected chi connectivity index (χ3v) is 8.32. The minimum atomic E-state index is -4.90. The molecule has 0 saturated carbocycles. The molecule has 2 amide bonds. The Morgan fingerprint density at radius 2 is 1.80 bits per heavy atom. The number of amides is 2. The van der Waals surface area contributed by atoms with Gasteiger partial charge in [-0.2, -0.15) is 13.2 Å². The van der Waals surface area contributed by atoms with Crippen LogP contribution < -0.4 is 5.32 Å². The summed E-state index contributed by atoms with van der Waals surface area (Å²) in [7, 11) is 3.34. The summed E-state index contributed by atoms with van der Waals surface area (Å²) in [5, 5.41) is 13.1. The molecule has 12 heteroatoms. The number of halogens is 4. The third-order valence-electron chi connectivity index (χ3n) is 6.56. The summed E-state index contributed by atoms with van der Waals surface area (Å²) in [5.74, 6) is -1.31. The highest BCUT2D eigenvalue weighted by atomic mass is 35.5. The van der Waals surface area contributed by atoms with Crippen molar-refractivity contribution >= 4 is 40.2 Å². The number of hydrogen-bond acceptors (Lipinski definition) is 6. The summed E-state index contributed by atoms with van der Waals surface area (Å²) >= 11 is 6.24. The van der Waals surface area contributed by atoms with Crippen LogP contribution in [0.2, 0.25) is 5.02 Å². The number of likely N-dealkylation sites (tertiary alicyclic amines) is 2. The van der Waals surface area contributed by atoms with Gasteiger partial charge in [0.05, 0.1) is 16.6 Å². The minimum Gasteiger partial charge on any atom is -0.380 e. The lowest BCUT2D eigenvalue weighted by atomic mass is 9.97. The Kier molecular flexibility index (Phi) is 8.56. The van der Waals surface area contributed by atoms with Crippen molar-refractivity contribution in [3.8, 4) is 0 Å². The van der Waals surface area contributed by atoms with Gasteiger partial charge in [0.1, 0.15) is 0 Å². The van der Waals surface area contributed by atoms with E-state index in [4.69, 9.17) is 11.6 Å². The van der Waals surface area contributed by atoms with Gasteiger partial charge in [0.15, 0.2) is 0 Å². The maximum Gasteiger partial charge on any atom is 0.427 e. The normalized spacial score (nSPS) is 19.9. The van der Waals surface area contributed by atoms with Crippen LogP contribution in [-0.2, 0) is 0 Å². The van der Waals surface area contributed by atoms with E-state index in [1.54, 1.807) is 26.2 Å². The number of carbonyl (C=O) groups is 2. The molecule has 2 aliphatic heterocycles. The molecule has 0 aromatic heterocycles. The fourth-order valence-corrected chi connectivity index (χ4v) is 5.46. The van der Waals surface area contributed by atoms with Crippen LogP contribution in [0.5, 0.6) is 0 Å². The Balaban J connectivity index is 1.46. The van der Waals surface area contributed by atoms with Crippen molar-refractivity contribution in [1.29, 1.82) is 0 Å². The molecule has 196 valence electrons. The van der Waals surface area contributed by atoms with Crippen molar-refractivity contribution in [2.24, 2.45) is 5.92 Å². The Bertz CT molecular complexity index is 935. The molecule has 0 unspecified atom stereocenters. The van der Waals surface area contributed by atoms with Crippen LogP contribution in [0.1, 0.15) is 37.0 Å². The van der Waals surface area contributed by atoms with Gasteiger partial charge in [-0.25, -0.2) is 0 Å². The first kappa shape index (κ1) is 27.9. The fourth-order valence-electron chi connectivity index (χ4n) is 4.27. The van der Waals surface area contributed by atoms with E-state index in [2.05, 4.69) is 10.2 Å². The molecule has 1 atom stereocenters. The molecule has 0 bridgehead atoms. The molecule has 2 fully saturated rings. The molecule has 2 aliphatic rings. The molecule has 0 aliphatic carbocycles. The molecule has 2 heterocycles. The van der Waals surface area contributed by atoms with Gasteiger partial charge >= 0.3 is 6.18 Å². The molecule has 2 N–H and O–H groups in total. The molecule has 3 rings (SSSR count). The van der Waals surface area contributed by atoms with E-state index in [1.807, 2.05) is 6.07 Å². The van der Waals surface area contributed by atoms with Gasteiger partial charge in [-0.15, -0.1) is 0 Å². The topological polar surface area (TPSA) is 76.1 Å². The van der Waals surface area contributed by atoms with Gasteiger partial charge in [0.2, 0.25) is 4.93 Å². The van der Waals surface area contributed by atoms with Gasteiger partial charge in [0, 0.05) is 57.9 Å². The lowest BCUT2D eigenvalue weighted by molar-refractivity contribution is -0.233. The smallest absolute Gasteiger partial charge is 0.380 e. The van der Waals surface area contributed by atoms with Crippen LogP contribution >= 0.6 is 23.4 Å². The van der Waals surface area contributed by atoms with E-state index in [1.165, 1.54) is 23.6 Å². The molecule has 1 aromatic carbocycles. The highest BCUT2D eigenvalue weighted by molar-refractivity contribution is 8.14. The molecule has 35 heavy (non-hydrogen) atoms. The fraction of sp³-hybridized carbons (Fsp3) is 0.652. The number of benzene rings is 1. The summed E-state index contributed by atoms with van der Waals surface area (Å²) in [4.78, 5) is 26.7. The second-order valence-electron chi connectivity index (χ2n) is 9.62. The minimum absolute atomic E-state index is 0.0356. The van der Waals surface area contributed by atoms with Crippen molar-refractivity contribution in [2.75, 3.05) is 45.6 Å². The van der Waals surface area contributed by atoms with Crippen molar-refractivity contribution < 1.29 is 27.9 Å². The number of alkyl halides is 3. The number of nitrogens with one attached hydrogen (secondary N) is 1. The van der Waals surface area contributed by atoms with Gasteiger partial charge < -0.3 is 20.2 Å². The van der Waals surface area contributed by atoms with Crippen LogP contribution in [0, 0.1) is 5.92 Å². The maximum atomic E-state index is 13.3. The van der Waals surface area contributed by atoms with Crippen molar-refractivity contribution in [3.63, 3.8) is 0 Å². The van der Waals surface area contributed by atoms with Crippen LogP contribution in [0.25, 0.3) is 0 Å². The van der Waals surface area contributed by atoms with Crippen LogP contribution in [-0.4, -0.2) is 94.4 Å². The Morgan fingerprint density at radius 3 is 2.29 bits per heavy atom. The number of carbonyl (C=O) groups excluding carboxylic acids is 2. The summed E-state index contributed by atoms with van der Waals surface area (Å²) in [6.45, 7) is 4.80. The largest absolute Gasteiger partial charge is 0.427 e. The zero-order valence-corrected chi connectivity index (χ0v) is 21.8. The van der Waals surface area contributed by atoms with Gasteiger partial charge in [-0.3, -0.25) is 14.5 Å². The quantitative estimate of drug-likeness (QED) is 0.526. The number of thioether (sulfide) groups is 1. The first-order valence-electron chi connectivity index (χ1n) is 11.5. The van der Waals surface area contributed by atoms with Crippen LogP contribution in [0.15, 0.2) is 18.2 Å². The summed E-state index contributed by atoms with van der Waals surface area (Å²) in [5.41, 5.74) is 1.27. The van der Waals surface area contributed by atoms with Gasteiger partial charge in [-0.1, -0.05) is 25.4 Å². The number of rotatable bonds is 6. The third kappa shape index (κ3) is 6.18. The molecule has 0 spiro atoms. The Hall–Kier alpha value is -1.69. The molecular weight excluding hydrogens is 505 g/mol. The van der Waals surface area contributed by atoms with Crippen molar-refractivity contribution in [3.05, 3.63) is 28.8 Å². The zero-order valence-electron chi connectivity index (χ0n) is 20.2. The first-order valence-corrected chi connectivity index (χ1v) is 12.7. The lowest BCUT2D eigenvalue weighted by Gasteiger charge is -2.47. The van der Waals surface area contributed by atoms with E-state index in [9.17, 15) is 27.9 Å². The Labute approximate surface area is 212 Å². The summed E-state index contributed by atoms with van der Waals surface area (Å²) < 4.78 is 40.0. The molecule has 0 radical (unpaired) electrons. The van der Waals surface area contributed by atoms with Gasteiger partial charge in [-0.05, 0) is 42.8 Å². The number of piperidine rings is 1. The number of hydrogen-bond donors (Lipinski definition) is 2.